The number of carboxylic acids is 1. The minimum Gasteiger partial charge on any atom is -0.494 e. The van der Waals surface area contributed by atoms with Crippen LogP contribution >= 0.6 is 0 Å². The minimum atomic E-state index is -0.911. The summed E-state index contributed by atoms with van der Waals surface area (Å²) in [6, 6.07) is 18.2. The van der Waals surface area contributed by atoms with E-state index in [1.54, 1.807) is 17.7 Å². The fourth-order valence-corrected chi connectivity index (χ4v) is 4.46. The second-order valence-corrected chi connectivity index (χ2v) is 8.31. The fourth-order valence-electron chi connectivity index (χ4n) is 4.46. The van der Waals surface area contributed by atoms with E-state index in [0.717, 1.165) is 35.5 Å². The lowest BCUT2D eigenvalue weighted by Crippen LogP contribution is -2.33. The molecular formula is C25H30N2O3. The number of hydrogen-bond donors (Lipinski definition) is 1. The highest BCUT2D eigenvalue weighted by molar-refractivity contribution is 5.95. The number of piperidine rings is 1. The molecule has 1 aliphatic heterocycles. The molecule has 1 fully saturated rings. The smallest absolute Gasteiger partial charge is 0.352 e. The topological polar surface area (TPSA) is 54.7 Å². The van der Waals surface area contributed by atoms with Gasteiger partial charge in [-0.2, -0.15) is 0 Å². The van der Waals surface area contributed by atoms with E-state index in [1.165, 1.54) is 37.9 Å². The minimum absolute atomic E-state index is 0.292. The molecule has 1 saturated heterocycles. The van der Waals surface area contributed by atoms with Crippen LogP contribution in [-0.2, 0) is 13.6 Å². The van der Waals surface area contributed by atoms with Gasteiger partial charge < -0.3 is 14.4 Å². The molecule has 0 amide bonds. The molecule has 1 aliphatic rings. The highest BCUT2D eigenvalue weighted by atomic mass is 16.5. The number of ether oxygens (including phenoxy) is 1. The van der Waals surface area contributed by atoms with Gasteiger partial charge in [-0.05, 0) is 74.5 Å². The molecule has 2 aromatic carbocycles. The largest absolute Gasteiger partial charge is 0.494 e. The first-order valence-corrected chi connectivity index (χ1v) is 10.8. The lowest BCUT2D eigenvalue weighted by atomic mass is 9.92. The van der Waals surface area contributed by atoms with Gasteiger partial charge in [-0.3, -0.25) is 4.90 Å². The van der Waals surface area contributed by atoms with Crippen LogP contribution in [0.25, 0.3) is 10.9 Å². The van der Waals surface area contributed by atoms with Gasteiger partial charge in [-0.15, -0.1) is 0 Å². The summed E-state index contributed by atoms with van der Waals surface area (Å²) in [5.41, 5.74) is 2.60. The van der Waals surface area contributed by atoms with E-state index in [-0.39, 0.29) is 0 Å². The molecule has 158 valence electrons. The Morgan fingerprint density at radius 2 is 1.87 bits per heavy atom. The van der Waals surface area contributed by atoms with Crippen molar-refractivity contribution in [3.8, 4) is 5.75 Å². The molecule has 0 bridgehead atoms. The van der Waals surface area contributed by atoms with Crippen LogP contribution in [-0.4, -0.2) is 40.2 Å². The van der Waals surface area contributed by atoms with Crippen molar-refractivity contribution < 1.29 is 14.6 Å². The average molecular weight is 407 g/mol. The zero-order chi connectivity index (χ0) is 20.9. The summed E-state index contributed by atoms with van der Waals surface area (Å²) in [5, 5.41) is 10.2. The van der Waals surface area contributed by atoms with Crippen molar-refractivity contribution in [1.82, 2.24) is 9.47 Å². The van der Waals surface area contributed by atoms with Gasteiger partial charge >= 0.3 is 5.97 Å². The van der Waals surface area contributed by atoms with Gasteiger partial charge in [0, 0.05) is 24.5 Å². The number of benzene rings is 2. The molecular weight excluding hydrogens is 376 g/mol. The van der Waals surface area contributed by atoms with Crippen molar-refractivity contribution in [2.45, 2.75) is 32.2 Å². The molecule has 1 aromatic heterocycles. The standard InChI is InChI=1S/C25H30N2O3/c1-26-23-10-9-22(16-21(23)17-24(26)25(28)29)30-15-5-8-19-11-13-27(14-12-19)18-20-6-3-2-4-7-20/h2-4,6-7,9-10,16-17,19H,5,8,11-15,18H2,1H3,(H,28,29). The number of carboxylic acid groups (broad SMARTS) is 1. The van der Waals surface area contributed by atoms with Gasteiger partial charge in [-0.25, -0.2) is 4.79 Å². The SMILES string of the molecule is Cn1c(C(=O)O)cc2cc(OCCCC3CCN(Cc4ccccc4)CC3)ccc21. The summed E-state index contributed by atoms with van der Waals surface area (Å²) < 4.78 is 7.65. The van der Waals surface area contributed by atoms with E-state index in [2.05, 4.69) is 35.2 Å². The van der Waals surface area contributed by atoms with Crippen molar-refractivity contribution in [2.75, 3.05) is 19.7 Å². The molecule has 5 heteroatoms. The van der Waals surface area contributed by atoms with Crippen molar-refractivity contribution >= 4 is 16.9 Å². The molecule has 1 N–H and O–H groups in total. The fraction of sp³-hybridized carbons (Fsp3) is 0.400. The van der Waals surface area contributed by atoms with Crippen molar-refractivity contribution in [1.29, 1.82) is 0 Å². The summed E-state index contributed by atoms with van der Waals surface area (Å²) in [4.78, 5) is 13.9. The van der Waals surface area contributed by atoms with Gasteiger partial charge in [0.05, 0.1) is 6.61 Å². The van der Waals surface area contributed by atoms with E-state index in [4.69, 9.17) is 4.74 Å². The molecule has 30 heavy (non-hydrogen) atoms. The molecule has 4 rings (SSSR count). The molecule has 0 atom stereocenters. The highest BCUT2D eigenvalue weighted by Gasteiger charge is 2.19. The van der Waals surface area contributed by atoms with Crippen LogP contribution in [0.2, 0.25) is 0 Å². The molecule has 3 aromatic rings. The first-order chi connectivity index (χ1) is 14.6. The Hall–Kier alpha value is -2.79. The molecule has 0 spiro atoms. The normalized spacial score (nSPS) is 15.5. The van der Waals surface area contributed by atoms with Gasteiger partial charge in [-0.1, -0.05) is 30.3 Å². The van der Waals surface area contributed by atoms with Crippen LogP contribution in [0, 0.1) is 5.92 Å². The lowest BCUT2D eigenvalue weighted by molar-refractivity contribution is 0.0687. The average Bonchev–Trinajstić information content (AvgIpc) is 3.09. The zero-order valence-electron chi connectivity index (χ0n) is 17.6. The monoisotopic (exact) mass is 406 g/mol. The summed E-state index contributed by atoms with van der Waals surface area (Å²) >= 11 is 0. The van der Waals surface area contributed by atoms with Crippen LogP contribution < -0.4 is 4.74 Å². The zero-order valence-corrected chi connectivity index (χ0v) is 17.6. The number of carbonyl (C=O) groups is 1. The van der Waals surface area contributed by atoms with Gasteiger partial charge in [0.25, 0.3) is 0 Å². The van der Waals surface area contributed by atoms with E-state index in [9.17, 15) is 9.90 Å². The van der Waals surface area contributed by atoms with E-state index < -0.39 is 5.97 Å². The first-order valence-electron chi connectivity index (χ1n) is 10.8. The Kier molecular flexibility index (Phi) is 6.38. The lowest BCUT2D eigenvalue weighted by Gasteiger charge is -2.32. The Morgan fingerprint density at radius 1 is 1.10 bits per heavy atom. The van der Waals surface area contributed by atoms with E-state index in [0.29, 0.717) is 12.3 Å². The maximum atomic E-state index is 11.3. The molecule has 2 heterocycles. The quantitative estimate of drug-likeness (QED) is 0.538. The number of nitrogens with zero attached hydrogens (tertiary/aromatic N) is 2. The van der Waals surface area contributed by atoms with Crippen LogP contribution in [0.3, 0.4) is 0 Å². The molecule has 0 saturated carbocycles. The summed E-state index contributed by atoms with van der Waals surface area (Å²) in [6.45, 7) is 4.12. The number of hydrogen-bond acceptors (Lipinski definition) is 3. The highest BCUT2D eigenvalue weighted by Crippen LogP contribution is 2.26. The summed E-state index contributed by atoms with van der Waals surface area (Å²) in [5.74, 6) is 0.684. The van der Waals surface area contributed by atoms with Gasteiger partial charge in [0.1, 0.15) is 11.4 Å². The van der Waals surface area contributed by atoms with Gasteiger partial charge in [0.15, 0.2) is 0 Å². The van der Waals surface area contributed by atoms with Crippen molar-refractivity contribution in [3.05, 3.63) is 65.9 Å². The Morgan fingerprint density at radius 3 is 2.60 bits per heavy atom. The second-order valence-electron chi connectivity index (χ2n) is 8.31. The predicted molar refractivity (Wildman–Crippen MR) is 119 cm³/mol. The summed E-state index contributed by atoms with van der Waals surface area (Å²) in [7, 11) is 1.78. The molecule has 0 radical (unpaired) electrons. The van der Waals surface area contributed by atoms with E-state index >= 15 is 0 Å². The molecule has 0 unspecified atom stereocenters. The number of aromatic carboxylic acids is 1. The van der Waals surface area contributed by atoms with E-state index in [1.807, 2.05) is 18.2 Å². The number of aromatic nitrogens is 1. The van der Waals surface area contributed by atoms with Crippen molar-refractivity contribution in [3.63, 3.8) is 0 Å². The first kappa shape index (κ1) is 20.5. The van der Waals surface area contributed by atoms with Crippen molar-refractivity contribution in [2.24, 2.45) is 13.0 Å². The Labute approximate surface area is 177 Å². The predicted octanol–water partition coefficient (Wildman–Crippen LogP) is 4.95. The second kappa shape index (κ2) is 9.35. The van der Waals surface area contributed by atoms with Crippen LogP contribution in [0.5, 0.6) is 5.75 Å². The third kappa shape index (κ3) is 4.85. The third-order valence-electron chi connectivity index (χ3n) is 6.21. The number of rotatable bonds is 8. The summed E-state index contributed by atoms with van der Waals surface area (Å²) in [6.07, 6.45) is 4.79. The number of fused-ring (bicyclic) bond motifs is 1. The third-order valence-corrected chi connectivity index (χ3v) is 6.21. The molecule has 0 aliphatic carbocycles. The number of likely N-dealkylation sites (tertiary alicyclic amines) is 1. The van der Waals surface area contributed by atoms with Crippen LogP contribution in [0.1, 0.15) is 41.7 Å². The maximum Gasteiger partial charge on any atom is 0.352 e. The molecule has 5 nitrogen and oxygen atoms in total. The Bertz CT molecular complexity index is 988. The maximum absolute atomic E-state index is 11.3. The van der Waals surface area contributed by atoms with Crippen LogP contribution in [0.4, 0.5) is 0 Å². The Balaban J connectivity index is 1.20. The number of aryl methyl sites for hydroxylation is 1. The van der Waals surface area contributed by atoms with Crippen LogP contribution in [0.15, 0.2) is 54.6 Å². The van der Waals surface area contributed by atoms with Gasteiger partial charge in [0.2, 0.25) is 0 Å².